The van der Waals surface area contributed by atoms with Gasteiger partial charge >= 0.3 is 5.97 Å². The molecule has 1 unspecified atom stereocenters. The number of aliphatic hydroxyl groups excluding tert-OH is 1. The fraction of sp³-hybridized carbons (Fsp3) is 0.500. The number of carboxylic acids is 1. The van der Waals surface area contributed by atoms with Crippen LogP contribution < -0.4 is 0 Å². The smallest absolute Gasteiger partial charge is 0.339 e. The summed E-state index contributed by atoms with van der Waals surface area (Å²) in [5, 5.41) is 17.9. The SMILES string of the molecule is CN(C)Cc1cnc(C(O)C(=O)O)s1. The van der Waals surface area contributed by atoms with Gasteiger partial charge in [-0.1, -0.05) is 0 Å². The van der Waals surface area contributed by atoms with E-state index in [1.54, 1.807) is 6.20 Å². The Morgan fingerprint density at radius 3 is 2.86 bits per heavy atom. The molecule has 0 saturated heterocycles. The highest BCUT2D eigenvalue weighted by Crippen LogP contribution is 2.20. The number of carboxylic acid groups (broad SMARTS) is 1. The molecular weight excluding hydrogens is 204 g/mol. The molecule has 14 heavy (non-hydrogen) atoms. The van der Waals surface area contributed by atoms with Crippen molar-refractivity contribution in [3.05, 3.63) is 16.1 Å². The Morgan fingerprint density at radius 1 is 1.71 bits per heavy atom. The molecule has 0 aliphatic rings. The average molecular weight is 216 g/mol. The fourth-order valence-corrected chi connectivity index (χ4v) is 1.95. The summed E-state index contributed by atoms with van der Waals surface area (Å²) < 4.78 is 0. The first-order valence-corrected chi connectivity index (χ1v) is 4.82. The van der Waals surface area contributed by atoms with Crippen molar-refractivity contribution >= 4 is 17.3 Å². The Labute approximate surface area is 85.6 Å². The second kappa shape index (κ2) is 4.50. The predicted octanol–water partition coefficient (Wildman–Crippen LogP) is 0.323. The van der Waals surface area contributed by atoms with E-state index in [1.165, 1.54) is 11.3 Å². The molecular formula is C8H12N2O3S. The number of hydrogen-bond donors (Lipinski definition) is 2. The van der Waals surface area contributed by atoms with Gasteiger partial charge in [0.15, 0.2) is 0 Å². The second-order valence-electron chi connectivity index (χ2n) is 3.14. The quantitative estimate of drug-likeness (QED) is 0.758. The zero-order valence-electron chi connectivity index (χ0n) is 7.97. The lowest BCUT2D eigenvalue weighted by molar-refractivity contribution is -0.146. The van der Waals surface area contributed by atoms with Gasteiger partial charge in [-0.2, -0.15) is 0 Å². The number of aliphatic hydroxyl groups is 1. The van der Waals surface area contributed by atoms with Crippen LogP contribution in [0.4, 0.5) is 0 Å². The molecule has 1 aromatic rings. The molecule has 1 heterocycles. The number of aromatic nitrogens is 1. The Balaban J connectivity index is 2.72. The first-order valence-electron chi connectivity index (χ1n) is 4.01. The Kier molecular flexibility index (Phi) is 3.56. The van der Waals surface area contributed by atoms with E-state index < -0.39 is 12.1 Å². The highest BCUT2D eigenvalue weighted by Gasteiger charge is 2.19. The second-order valence-corrected chi connectivity index (χ2v) is 4.29. The van der Waals surface area contributed by atoms with Gasteiger partial charge in [-0.3, -0.25) is 0 Å². The summed E-state index contributed by atoms with van der Waals surface area (Å²) in [5.74, 6) is -1.27. The molecule has 1 rings (SSSR count). The lowest BCUT2D eigenvalue weighted by atomic mass is 10.4. The van der Waals surface area contributed by atoms with Crippen LogP contribution in [0, 0.1) is 0 Å². The van der Waals surface area contributed by atoms with E-state index in [0.717, 1.165) is 4.88 Å². The van der Waals surface area contributed by atoms with Gasteiger partial charge in [0.25, 0.3) is 0 Å². The Hall–Kier alpha value is -0.980. The van der Waals surface area contributed by atoms with Crippen LogP contribution in [0.2, 0.25) is 0 Å². The normalized spacial score (nSPS) is 13.1. The third-order valence-corrected chi connectivity index (χ3v) is 2.55. The molecule has 0 aromatic carbocycles. The highest BCUT2D eigenvalue weighted by molar-refractivity contribution is 7.11. The number of carbonyl (C=O) groups is 1. The molecule has 1 aromatic heterocycles. The van der Waals surface area contributed by atoms with Crippen LogP contribution in [0.1, 0.15) is 16.0 Å². The molecule has 0 saturated carbocycles. The van der Waals surface area contributed by atoms with Crippen molar-refractivity contribution in [2.45, 2.75) is 12.6 Å². The van der Waals surface area contributed by atoms with Crippen molar-refractivity contribution in [3.63, 3.8) is 0 Å². The molecule has 0 fully saturated rings. The number of thiazole rings is 1. The van der Waals surface area contributed by atoms with Crippen LogP contribution >= 0.6 is 11.3 Å². The third kappa shape index (κ3) is 2.76. The lowest BCUT2D eigenvalue weighted by Gasteiger charge is -2.05. The molecule has 1 atom stereocenters. The van der Waals surface area contributed by atoms with Gasteiger partial charge < -0.3 is 15.1 Å². The number of nitrogens with zero attached hydrogens (tertiary/aromatic N) is 2. The van der Waals surface area contributed by atoms with Gasteiger partial charge in [0.05, 0.1) is 0 Å². The van der Waals surface area contributed by atoms with Crippen LogP contribution in [0.5, 0.6) is 0 Å². The minimum absolute atomic E-state index is 0.231. The summed E-state index contributed by atoms with van der Waals surface area (Å²) >= 11 is 1.21. The first kappa shape index (κ1) is 11.1. The minimum Gasteiger partial charge on any atom is -0.479 e. The van der Waals surface area contributed by atoms with E-state index >= 15 is 0 Å². The summed E-state index contributed by atoms with van der Waals surface area (Å²) in [6.45, 7) is 0.698. The van der Waals surface area contributed by atoms with Crippen LogP contribution in [-0.2, 0) is 11.3 Å². The molecule has 0 aliphatic heterocycles. The molecule has 0 radical (unpaired) electrons. The number of rotatable bonds is 4. The maximum atomic E-state index is 10.4. The van der Waals surface area contributed by atoms with E-state index in [2.05, 4.69) is 4.98 Å². The van der Waals surface area contributed by atoms with Gasteiger partial charge in [0.1, 0.15) is 5.01 Å². The standard InChI is InChI=1S/C8H12N2O3S/c1-10(2)4-5-3-9-7(14-5)6(11)8(12)13/h3,6,11H,4H2,1-2H3,(H,12,13). The molecule has 0 amide bonds. The van der Waals surface area contributed by atoms with Gasteiger partial charge in [-0.25, -0.2) is 9.78 Å². The molecule has 0 aliphatic carbocycles. The summed E-state index contributed by atoms with van der Waals surface area (Å²) in [7, 11) is 3.82. The number of hydrogen-bond acceptors (Lipinski definition) is 5. The van der Waals surface area contributed by atoms with Gasteiger partial charge in [-0.05, 0) is 14.1 Å². The summed E-state index contributed by atoms with van der Waals surface area (Å²) in [6, 6.07) is 0. The fourth-order valence-electron chi connectivity index (χ4n) is 0.939. The first-order chi connectivity index (χ1) is 6.50. The van der Waals surface area contributed by atoms with E-state index in [-0.39, 0.29) is 5.01 Å². The highest BCUT2D eigenvalue weighted by atomic mass is 32.1. The van der Waals surface area contributed by atoms with Crippen LogP contribution in [0.25, 0.3) is 0 Å². The van der Waals surface area contributed by atoms with E-state index in [4.69, 9.17) is 5.11 Å². The monoisotopic (exact) mass is 216 g/mol. The molecule has 2 N–H and O–H groups in total. The Morgan fingerprint density at radius 2 is 2.36 bits per heavy atom. The van der Waals surface area contributed by atoms with Gasteiger partial charge in [0.2, 0.25) is 6.10 Å². The van der Waals surface area contributed by atoms with Crippen molar-refractivity contribution < 1.29 is 15.0 Å². The topological polar surface area (TPSA) is 73.7 Å². The zero-order valence-corrected chi connectivity index (χ0v) is 8.78. The molecule has 78 valence electrons. The maximum Gasteiger partial charge on any atom is 0.339 e. The Bertz CT molecular complexity index is 324. The molecule has 0 spiro atoms. The predicted molar refractivity (Wildman–Crippen MR) is 52.1 cm³/mol. The average Bonchev–Trinajstić information content (AvgIpc) is 2.50. The molecule has 6 heteroatoms. The van der Waals surface area contributed by atoms with Crippen LogP contribution in [0.3, 0.4) is 0 Å². The van der Waals surface area contributed by atoms with E-state index in [1.807, 2.05) is 19.0 Å². The van der Waals surface area contributed by atoms with Crippen LogP contribution in [-0.4, -0.2) is 40.2 Å². The zero-order chi connectivity index (χ0) is 10.7. The molecule has 0 bridgehead atoms. The third-order valence-electron chi connectivity index (χ3n) is 1.51. The van der Waals surface area contributed by atoms with Crippen molar-refractivity contribution in [1.82, 2.24) is 9.88 Å². The van der Waals surface area contributed by atoms with Crippen molar-refractivity contribution in [1.29, 1.82) is 0 Å². The van der Waals surface area contributed by atoms with Crippen molar-refractivity contribution in [3.8, 4) is 0 Å². The van der Waals surface area contributed by atoms with Crippen molar-refractivity contribution in [2.24, 2.45) is 0 Å². The van der Waals surface area contributed by atoms with E-state index in [9.17, 15) is 9.90 Å². The summed E-state index contributed by atoms with van der Waals surface area (Å²) in [6.07, 6.45) is 0.0857. The van der Waals surface area contributed by atoms with Crippen LogP contribution in [0.15, 0.2) is 6.20 Å². The summed E-state index contributed by atoms with van der Waals surface area (Å²) in [5.41, 5.74) is 0. The largest absolute Gasteiger partial charge is 0.479 e. The minimum atomic E-state index is -1.50. The lowest BCUT2D eigenvalue weighted by Crippen LogP contribution is -2.10. The van der Waals surface area contributed by atoms with E-state index in [0.29, 0.717) is 6.54 Å². The van der Waals surface area contributed by atoms with Gasteiger partial charge in [0, 0.05) is 17.6 Å². The maximum absolute atomic E-state index is 10.4. The summed E-state index contributed by atoms with van der Waals surface area (Å²) in [4.78, 5) is 17.2. The molecule has 5 nitrogen and oxygen atoms in total. The van der Waals surface area contributed by atoms with Crippen molar-refractivity contribution in [2.75, 3.05) is 14.1 Å². The van der Waals surface area contributed by atoms with Gasteiger partial charge in [-0.15, -0.1) is 11.3 Å². The number of aliphatic carboxylic acids is 1.